The molecule has 0 saturated carbocycles. The molecular formula is C15H32N2O. The first-order valence-electron chi connectivity index (χ1n) is 7.59. The minimum atomic E-state index is 0.592. The molecule has 3 heteroatoms. The number of hydrogen-bond donors (Lipinski definition) is 1. The van der Waals surface area contributed by atoms with Gasteiger partial charge in [-0.1, -0.05) is 27.7 Å². The van der Waals surface area contributed by atoms with Gasteiger partial charge >= 0.3 is 0 Å². The van der Waals surface area contributed by atoms with Crippen molar-refractivity contribution in [3.05, 3.63) is 0 Å². The van der Waals surface area contributed by atoms with E-state index in [0.717, 1.165) is 25.7 Å². The Morgan fingerprint density at radius 3 is 2.56 bits per heavy atom. The van der Waals surface area contributed by atoms with Gasteiger partial charge in [0.05, 0.1) is 6.61 Å². The van der Waals surface area contributed by atoms with Crippen LogP contribution in [0, 0.1) is 11.8 Å². The normalized spacial score (nSPS) is 23.2. The van der Waals surface area contributed by atoms with Crippen molar-refractivity contribution in [2.24, 2.45) is 11.8 Å². The summed E-state index contributed by atoms with van der Waals surface area (Å²) < 4.78 is 5.65. The van der Waals surface area contributed by atoms with Gasteiger partial charge in [0.25, 0.3) is 0 Å². The smallest absolute Gasteiger partial charge is 0.0624 e. The van der Waals surface area contributed by atoms with Gasteiger partial charge in [-0.15, -0.1) is 0 Å². The first kappa shape index (κ1) is 15.9. The summed E-state index contributed by atoms with van der Waals surface area (Å²) in [4.78, 5) is 2.63. The fourth-order valence-electron chi connectivity index (χ4n) is 2.69. The zero-order chi connectivity index (χ0) is 13.5. The van der Waals surface area contributed by atoms with E-state index in [1.807, 2.05) is 0 Å². The van der Waals surface area contributed by atoms with Crippen molar-refractivity contribution in [3.8, 4) is 0 Å². The molecule has 0 aliphatic carbocycles. The summed E-state index contributed by atoms with van der Waals surface area (Å²) in [6.45, 7) is 16.5. The maximum Gasteiger partial charge on any atom is 0.0624 e. The third kappa shape index (κ3) is 5.25. The van der Waals surface area contributed by atoms with Crippen molar-refractivity contribution >= 4 is 0 Å². The van der Waals surface area contributed by atoms with Gasteiger partial charge in [0.1, 0.15) is 0 Å². The Morgan fingerprint density at radius 1 is 1.28 bits per heavy atom. The van der Waals surface area contributed by atoms with E-state index in [9.17, 15) is 0 Å². The van der Waals surface area contributed by atoms with Crippen molar-refractivity contribution in [1.82, 2.24) is 10.2 Å². The highest BCUT2D eigenvalue weighted by Gasteiger charge is 2.29. The van der Waals surface area contributed by atoms with E-state index in [-0.39, 0.29) is 0 Å². The monoisotopic (exact) mass is 256 g/mol. The second-order valence-corrected chi connectivity index (χ2v) is 6.18. The molecule has 108 valence electrons. The van der Waals surface area contributed by atoms with E-state index in [4.69, 9.17) is 4.74 Å². The lowest BCUT2D eigenvalue weighted by Crippen LogP contribution is -2.41. The average molecular weight is 256 g/mol. The van der Waals surface area contributed by atoms with Gasteiger partial charge in [0.15, 0.2) is 0 Å². The van der Waals surface area contributed by atoms with Crippen LogP contribution >= 0.6 is 0 Å². The summed E-state index contributed by atoms with van der Waals surface area (Å²) in [5.74, 6) is 1.49. The van der Waals surface area contributed by atoms with E-state index in [1.165, 1.54) is 19.5 Å². The van der Waals surface area contributed by atoms with Crippen LogP contribution in [0.5, 0.6) is 0 Å². The molecule has 2 atom stereocenters. The fraction of sp³-hybridized carbons (Fsp3) is 1.00. The summed E-state index contributed by atoms with van der Waals surface area (Å²) in [6.07, 6.45) is 1.33. The van der Waals surface area contributed by atoms with Gasteiger partial charge in [-0.05, 0) is 38.3 Å². The zero-order valence-electron chi connectivity index (χ0n) is 12.9. The van der Waals surface area contributed by atoms with Crippen molar-refractivity contribution in [3.63, 3.8) is 0 Å². The molecule has 3 nitrogen and oxygen atoms in total. The summed E-state index contributed by atoms with van der Waals surface area (Å²) in [5.41, 5.74) is 0. The third-order valence-corrected chi connectivity index (χ3v) is 3.86. The zero-order valence-corrected chi connectivity index (χ0v) is 12.9. The highest BCUT2D eigenvalue weighted by Crippen LogP contribution is 2.22. The van der Waals surface area contributed by atoms with Gasteiger partial charge in [-0.3, -0.25) is 4.90 Å². The number of nitrogens with one attached hydrogen (secondary N) is 1. The van der Waals surface area contributed by atoms with E-state index < -0.39 is 0 Å². The number of likely N-dealkylation sites (tertiary alicyclic amines) is 1. The molecule has 0 aromatic heterocycles. The molecule has 0 aromatic carbocycles. The molecule has 0 radical (unpaired) electrons. The summed E-state index contributed by atoms with van der Waals surface area (Å²) >= 11 is 0. The van der Waals surface area contributed by atoms with E-state index in [0.29, 0.717) is 18.0 Å². The maximum absolute atomic E-state index is 5.65. The Hall–Kier alpha value is -0.120. The van der Waals surface area contributed by atoms with Crippen LogP contribution < -0.4 is 5.32 Å². The third-order valence-electron chi connectivity index (χ3n) is 3.86. The first-order chi connectivity index (χ1) is 8.54. The van der Waals surface area contributed by atoms with Crippen LogP contribution in [0.3, 0.4) is 0 Å². The molecule has 0 amide bonds. The molecule has 1 aliphatic rings. The molecule has 1 heterocycles. The molecule has 1 saturated heterocycles. The van der Waals surface area contributed by atoms with Gasteiger partial charge in [-0.2, -0.15) is 0 Å². The SMILES string of the molecule is CCOCC(C(C)C)N1CCC(CNC(C)C)C1. The lowest BCUT2D eigenvalue weighted by molar-refractivity contribution is 0.0540. The molecule has 18 heavy (non-hydrogen) atoms. The second kappa shape index (κ2) is 8.13. The van der Waals surface area contributed by atoms with Crippen molar-refractivity contribution in [2.45, 2.75) is 53.1 Å². The average Bonchev–Trinajstić information content (AvgIpc) is 2.75. The van der Waals surface area contributed by atoms with Gasteiger partial charge < -0.3 is 10.1 Å². The van der Waals surface area contributed by atoms with Crippen LogP contribution in [0.1, 0.15) is 41.0 Å². The first-order valence-corrected chi connectivity index (χ1v) is 7.59. The van der Waals surface area contributed by atoms with E-state index in [1.54, 1.807) is 0 Å². The largest absolute Gasteiger partial charge is 0.380 e. The molecule has 0 bridgehead atoms. The predicted molar refractivity (Wildman–Crippen MR) is 77.9 cm³/mol. The number of ether oxygens (including phenoxy) is 1. The Balaban J connectivity index is 2.37. The van der Waals surface area contributed by atoms with Crippen molar-refractivity contribution in [2.75, 3.05) is 32.8 Å². The van der Waals surface area contributed by atoms with E-state index in [2.05, 4.69) is 44.8 Å². The van der Waals surface area contributed by atoms with Crippen molar-refractivity contribution in [1.29, 1.82) is 0 Å². The molecule has 1 rings (SSSR count). The number of nitrogens with zero attached hydrogens (tertiary/aromatic N) is 1. The molecule has 1 fully saturated rings. The maximum atomic E-state index is 5.65. The molecule has 1 N–H and O–H groups in total. The van der Waals surface area contributed by atoms with Gasteiger partial charge in [0, 0.05) is 25.2 Å². The predicted octanol–water partition coefficient (Wildman–Crippen LogP) is 2.37. The molecule has 0 aromatic rings. The number of hydrogen-bond acceptors (Lipinski definition) is 3. The van der Waals surface area contributed by atoms with Crippen LogP contribution in [-0.4, -0.2) is 49.8 Å². The van der Waals surface area contributed by atoms with Crippen LogP contribution in [0.25, 0.3) is 0 Å². The summed E-state index contributed by atoms with van der Waals surface area (Å²) in [7, 11) is 0. The number of rotatable bonds is 8. The molecule has 0 spiro atoms. The molecule has 2 unspecified atom stereocenters. The standard InChI is InChI=1S/C15H32N2O/c1-6-18-11-15(12(2)3)17-8-7-14(10-17)9-16-13(4)5/h12-16H,6-11H2,1-5H3. The quantitative estimate of drug-likeness (QED) is 0.721. The highest BCUT2D eigenvalue weighted by atomic mass is 16.5. The van der Waals surface area contributed by atoms with Crippen LogP contribution in [-0.2, 0) is 4.74 Å². The Morgan fingerprint density at radius 2 is 2.00 bits per heavy atom. The topological polar surface area (TPSA) is 24.5 Å². The molecule has 1 aliphatic heterocycles. The highest BCUT2D eigenvalue weighted by molar-refractivity contribution is 4.84. The van der Waals surface area contributed by atoms with Crippen molar-refractivity contribution < 1.29 is 4.74 Å². The summed E-state index contributed by atoms with van der Waals surface area (Å²) in [5, 5.41) is 3.56. The Labute approximate surface area is 113 Å². The second-order valence-electron chi connectivity index (χ2n) is 6.18. The minimum Gasteiger partial charge on any atom is -0.380 e. The Kier molecular flexibility index (Phi) is 7.20. The van der Waals surface area contributed by atoms with E-state index >= 15 is 0 Å². The van der Waals surface area contributed by atoms with Crippen LogP contribution in [0.4, 0.5) is 0 Å². The fourth-order valence-corrected chi connectivity index (χ4v) is 2.69. The van der Waals surface area contributed by atoms with Gasteiger partial charge in [-0.25, -0.2) is 0 Å². The van der Waals surface area contributed by atoms with Crippen LogP contribution in [0.2, 0.25) is 0 Å². The van der Waals surface area contributed by atoms with Crippen LogP contribution in [0.15, 0.2) is 0 Å². The lowest BCUT2D eigenvalue weighted by atomic mass is 10.0. The summed E-state index contributed by atoms with van der Waals surface area (Å²) in [6, 6.07) is 1.19. The minimum absolute atomic E-state index is 0.592. The lowest BCUT2D eigenvalue weighted by Gasteiger charge is -2.31. The molecular weight excluding hydrogens is 224 g/mol. The van der Waals surface area contributed by atoms with Gasteiger partial charge in [0.2, 0.25) is 0 Å². The Bertz CT molecular complexity index is 219.